The van der Waals surface area contributed by atoms with Gasteiger partial charge in [0.05, 0.1) is 0 Å². The second kappa shape index (κ2) is 7.99. The molecule has 2 atom stereocenters. The molecule has 0 N–H and O–H groups in total. The highest BCUT2D eigenvalue weighted by Crippen LogP contribution is 2.34. The second-order valence-electron chi connectivity index (χ2n) is 8.66. The second-order valence-corrected chi connectivity index (χ2v) is 8.66. The van der Waals surface area contributed by atoms with Crippen LogP contribution in [0.3, 0.4) is 0 Å². The first kappa shape index (κ1) is 21.4. The molecular formula is C27H25BF2O. The van der Waals surface area contributed by atoms with Crippen molar-refractivity contribution in [1.29, 1.82) is 0 Å². The van der Waals surface area contributed by atoms with Crippen LogP contribution in [-0.4, -0.2) is 7.85 Å². The van der Waals surface area contributed by atoms with Crippen LogP contribution in [0.5, 0.6) is 5.75 Å². The van der Waals surface area contributed by atoms with Gasteiger partial charge in [-0.15, -0.1) is 0 Å². The lowest BCUT2D eigenvalue weighted by Crippen LogP contribution is -2.30. The Morgan fingerprint density at radius 3 is 2.42 bits per heavy atom. The molecule has 1 aliphatic carbocycles. The van der Waals surface area contributed by atoms with Crippen molar-refractivity contribution in [3.8, 4) is 16.9 Å². The Labute approximate surface area is 184 Å². The van der Waals surface area contributed by atoms with Crippen LogP contribution < -0.4 is 10.2 Å². The van der Waals surface area contributed by atoms with Crippen LogP contribution in [0.2, 0.25) is 0 Å². The van der Waals surface area contributed by atoms with Crippen molar-refractivity contribution < 1.29 is 13.5 Å². The molecule has 4 rings (SSSR count). The average molecular weight is 414 g/mol. The molecule has 2 radical (unpaired) electrons. The molecule has 0 fully saturated rings. The maximum atomic E-state index is 15.5. The van der Waals surface area contributed by atoms with Gasteiger partial charge in [0.25, 0.3) is 5.85 Å². The largest absolute Gasteiger partial charge is 0.454 e. The van der Waals surface area contributed by atoms with Crippen LogP contribution in [-0.2, 0) is 18.7 Å². The standard InChI is InChI=1S/C27H25BF2O/c1-5-23-17(3)12-22(15-26(23)29)31-27(4,30)24-9-8-20(14-25(24)28)19-7-6-18-10-16(2)11-21(18)13-19/h5-9,12-16H,1,10-11H2,2-4H3. The van der Waals surface area contributed by atoms with Gasteiger partial charge in [-0.3, -0.25) is 0 Å². The predicted molar refractivity (Wildman–Crippen MR) is 124 cm³/mol. The van der Waals surface area contributed by atoms with E-state index in [9.17, 15) is 4.39 Å². The molecule has 4 heteroatoms. The molecule has 156 valence electrons. The van der Waals surface area contributed by atoms with Gasteiger partial charge in [0.15, 0.2) is 0 Å². The first-order valence-corrected chi connectivity index (χ1v) is 10.5. The van der Waals surface area contributed by atoms with Crippen LogP contribution >= 0.6 is 0 Å². The van der Waals surface area contributed by atoms with Gasteiger partial charge < -0.3 is 4.74 Å². The molecular weight excluding hydrogens is 389 g/mol. The van der Waals surface area contributed by atoms with Crippen molar-refractivity contribution in [1.82, 2.24) is 0 Å². The maximum Gasteiger partial charge on any atom is 0.270 e. The number of benzene rings is 3. The number of halogens is 2. The smallest absolute Gasteiger partial charge is 0.270 e. The summed E-state index contributed by atoms with van der Waals surface area (Å²) in [6, 6.07) is 14.5. The van der Waals surface area contributed by atoms with Crippen molar-refractivity contribution in [2.24, 2.45) is 5.92 Å². The Bertz CT molecular complexity index is 1140. The highest BCUT2D eigenvalue weighted by atomic mass is 19.2. The van der Waals surface area contributed by atoms with Crippen LogP contribution in [0, 0.1) is 18.7 Å². The SMILES string of the molecule is [B]c1cc(-c2ccc3c(c2)CC(C)C3)ccc1C(C)(F)Oc1cc(C)c(C=C)c(F)c1. The first-order chi connectivity index (χ1) is 14.7. The third-order valence-corrected chi connectivity index (χ3v) is 6.03. The molecule has 1 nitrogen and oxygen atoms in total. The Kier molecular flexibility index (Phi) is 5.51. The summed E-state index contributed by atoms with van der Waals surface area (Å²) in [7, 11) is 6.23. The topological polar surface area (TPSA) is 9.23 Å². The van der Waals surface area contributed by atoms with Gasteiger partial charge >= 0.3 is 0 Å². The summed E-state index contributed by atoms with van der Waals surface area (Å²) in [5.74, 6) is -1.96. The van der Waals surface area contributed by atoms with Gasteiger partial charge in [0, 0.05) is 24.1 Å². The number of hydrogen-bond acceptors (Lipinski definition) is 1. The lowest BCUT2D eigenvalue weighted by Gasteiger charge is -2.25. The van der Waals surface area contributed by atoms with Gasteiger partial charge in [-0.05, 0) is 59.6 Å². The molecule has 2 unspecified atom stereocenters. The molecule has 0 aromatic heterocycles. The summed E-state index contributed by atoms with van der Waals surface area (Å²) < 4.78 is 35.3. The van der Waals surface area contributed by atoms with E-state index < -0.39 is 11.7 Å². The van der Waals surface area contributed by atoms with Crippen LogP contribution in [0.15, 0.2) is 55.1 Å². The average Bonchev–Trinajstić information content (AvgIpc) is 3.06. The van der Waals surface area contributed by atoms with E-state index in [1.807, 2.05) is 6.07 Å². The fourth-order valence-electron chi connectivity index (χ4n) is 4.48. The highest BCUT2D eigenvalue weighted by molar-refractivity contribution is 6.33. The minimum absolute atomic E-state index is 0.0989. The highest BCUT2D eigenvalue weighted by Gasteiger charge is 2.30. The van der Waals surface area contributed by atoms with Gasteiger partial charge in [0.1, 0.15) is 19.4 Å². The van der Waals surface area contributed by atoms with Crippen LogP contribution in [0.25, 0.3) is 17.2 Å². The Morgan fingerprint density at radius 2 is 1.74 bits per heavy atom. The number of hydrogen-bond donors (Lipinski definition) is 0. The zero-order valence-corrected chi connectivity index (χ0v) is 18.1. The number of rotatable bonds is 5. The van der Waals surface area contributed by atoms with E-state index in [0.717, 1.165) is 30.0 Å². The first-order valence-electron chi connectivity index (χ1n) is 10.5. The summed E-state index contributed by atoms with van der Waals surface area (Å²) in [5, 5.41) is 0. The van der Waals surface area contributed by atoms with Crippen molar-refractivity contribution in [2.45, 2.75) is 39.5 Å². The number of ether oxygens (including phenoxy) is 1. The van der Waals surface area contributed by atoms with E-state index in [1.54, 1.807) is 25.1 Å². The molecule has 0 heterocycles. The summed E-state index contributed by atoms with van der Waals surface area (Å²) in [5.41, 5.74) is 6.24. The molecule has 3 aromatic carbocycles. The molecule has 0 aliphatic heterocycles. The van der Waals surface area contributed by atoms with E-state index >= 15 is 4.39 Å². The zero-order valence-electron chi connectivity index (χ0n) is 18.1. The Morgan fingerprint density at radius 1 is 1.06 bits per heavy atom. The number of alkyl halides is 1. The Hall–Kier alpha value is -2.88. The predicted octanol–water partition coefficient (Wildman–Crippen LogP) is 6.19. The molecule has 0 amide bonds. The zero-order chi connectivity index (χ0) is 22.3. The quantitative estimate of drug-likeness (QED) is 0.452. The minimum Gasteiger partial charge on any atom is -0.454 e. The van der Waals surface area contributed by atoms with Crippen molar-refractivity contribution in [2.75, 3.05) is 0 Å². The number of aryl methyl sites for hydroxylation is 1. The molecule has 0 spiro atoms. The van der Waals surface area contributed by atoms with Gasteiger partial charge in [-0.1, -0.05) is 61.4 Å². The third-order valence-electron chi connectivity index (χ3n) is 6.03. The third kappa shape index (κ3) is 4.16. The molecule has 31 heavy (non-hydrogen) atoms. The van der Waals surface area contributed by atoms with E-state index in [-0.39, 0.29) is 16.8 Å². The molecule has 0 saturated carbocycles. The summed E-state index contributed by atoms with van der Waals surface area (Å²) >= 11 is 0. The van der Waals surface area contributed by atoms with Gasteiger partial charge in [-0.2, -0.15) is 4.39 Å². The summed E-state index contributed by atoms with van der Waals surface area (Å²) in [6.45, 7) is 8.86. The molecule has 3 aromatic rings. The monoisotopic (exact) mass is 414 g/mol. The van der Waals surface area contributed by atoms with Crippen molar-refractivity contribution in [3.63, 3.8) is 0 Å². The summed E-state index contributed by atoms with van der Waals surface area (Å²) in [6.07, 6.45) is 3.62. The van der Waals surface area contributed by atoms with Crippen LogP contribution in [0.4, 0.5) is 8.78 Å². The lowest BCUT2D eigenvalue weighted by molar-refractivity contribution is -0.0497. The number of fused-ring (bicyclic) bond motifs is 1. The van der Waals surface area contributed by atoms with Crippen LogP contribution in [0.1, 0.15) is 41.7 Å². The van der Waals surface area contributed by atoms with Gasteiger partial charge in [0.2, 0.25) is 0 Å². The molecule has 1 aliphatic rings. The van der Waals surface area contributed by atoms with Crippen molar-refractivity contribution >= 4 is 19.4 Å². The lowest BCUT2D eigenvalue weighted by atomic mass is 9.84. The van der Waals surface area contributed by atoms with E-state index in [1.165, 1.54) is 24.1 Å². The minimum atomic E-state index is -2.22. The molecule has 0 bridgehead atoms. The fourth-order valence-corrected chi connectivity index (χ4v) is 4.48. The fraction of sp³-hybridized carbons (Fsp3) is 0.259. The van der Waals surface area contributed by atoms with E-state index in [4.69, 9.17) is 12.6 Å². The van der Waals surface area contributed by atoms with E-state index in [0.29, 0.717) is 17.0 Å². The normalized spacial score (nSPS) is 17.1. The van der Waals surface area contributed by atoms with Gasteiger partial charge in [-0.25, -0.2) is 4.39 Å². The van der Waals surface area contributed by atoms with E-state index in [2.05, 4.69) is 31.7 Å². The maximum absolute atomic E-state index is 15.5. The van der Waals surface area contributed by atoms with Crippen molar-refractivity contribution in [3.05, 3.63) is 88.7 Å². The summed E-state index contributed by atoms with van der Waals surface area (Å²) in [4.78, 5) is 0. The molecule has 0 saturated heterocycles. The Balaban J connectivity index is 1.62.